The molecular formula is C9H13F5OS. The maximum Gasteiger partial charge on any atom is 0.282 e. The molecule has 0 aliphatic rings. The summed E-state index contributed by atoms with van der Waals surface area (Å²) in [5.41, 5.74) is 0. The number of carbonyl (C=O) groups excluding carboxylic acids is 1. The molecule has 0 bridgehead atoms. The number of alkyl halides is 5. The van der Waals surface area contributed by atoms with Crippen molar-refractivity contribution in [2.45, 2.75) is 38.0 Å². The average Bonchev–Trinajstić information content (AvgIpc) is 2.26. The van der Waals surface area contributed by atoms with Crippen LogP contribution in [-0.2, 0) is 4.79 Å². The molecule has 0 saturated heterocycles. The molecule has 1 nitrogen and oxygen atoms in total. The van der Waals surface area contributed by atoms with Crippen molar-refractivity contribution < 1.29 is 26.7 Å². The van der Waals surface area contributed by atoms with E-state index in [0.717, 1.165) is 0 Å². The molecule has 0 radical (unpaired) electrons. The second kappa shape index (κ2) is 7.09. The summed E-state index contributed by atoms with van der Waals surface area (Å²) in [6, 6.07) is 0. The van der Waals surface area contributed by atoms with E-state index in [1.165, 1.54) is 0 Å². The van der Waals surface area contributed by atoms with E-state index in [1.807, 2.05) is 0 Å². The summed E-state index contributed by atoms with van der Waals surface area (Å²) >= 11 is 0.638. The van der Waals surface area contributed by atoms with Crippen molar-refractivity contribution in [3.05, 3.63) is 0 Å². The smallest absolute Gasteiger partial charge is 0.282 e. The van der Waals surface area contributed by atoms with Crippen molar-refractivity contribution >= 4 is 16.9 Å². The molecule has 0 aromatic rings. The zero-order valence-electron chi connectivity index (χ0n) is 8.69. The van der Waals surface area contributed by atoms with Crippen molar-refractivity contribution in [2.24, 2.45) is 0 Å². The van der Waals surface area contributed by atoms with E-state index >= 15 is 0 Å². The van der Waals surface area contributed by atoms with Crippen LogP contribution in [0.25, 0.3) is 0 Å². The Bertz CT molecular complexity index is 224. The largest absolute Gasteiger partial charge is 0.287 e. The topological polar surface area (TPSA) is 17.1 Å². The molecule has 16 heavy (non-hydrogen) atoms. The monoisotopic (exact) mass is 264 g/mol. The van der Waals surface area contributed by atoms with Gasteiger partial charge in [0.15, 0.2) is 17.5 Å². The highest BCUT2D eigenvalue weighted by Crippen LogP contribution is 2.31. The number of hydrogen-bond donors (Lipinski definition) is 0. The van der Waals surface area contributed by atoms with Gasteiger partial charge in [0.25, 0.3) is 5.92 Å². The molecule has 2 atom stereocenters. The van der Waals surface area contributed by atoms with Crippen LogP contribution in [0.5, 0.6) is 0 Å². The van der Waals surface area contributed by atoms with Crippen molar-refractivity contribution in [1.29, 1.82) is 0 Å². The number of carbonyl (C=O) groups is 1. The fourth-order valence-corrected chi connectivity index (χ4v) is 1.69. The molecule has 0 aromatic heterocycles. The summed E-state index contributed by atoms with van der Waals surface area (Å²) in [7, 11) is 0. The summed E-state index contributed by atoms with van der Waals surface area (Å²) in [4.78, 5) is 10.7. The van der Waals surface area contributed by atoms with E-state index in [4.69, 9.17) is 0 Å². The van der Waals surface area contributed by atoms with Crippen LogP contribution in [0.4, 0.5) is 22.0 Å². The summed E-state index contributed by atoms with van der Waals surface area (Å²) in [5.74, 6) is -4.24. The summed E-state index contributed by atoms with van der Waals surface area (Å²) in [6.07, 6.45) is -6.77. The molecule has 96 valence electrons. The molecule has 0 aliphatic carbocycles. The SMILES string of the molecule is CCC(=O)SCCC(F)(F)C(F)C(F)CF. The van der Waals surface area contributed by atoms with Gasteiger partial charge in [0.2, 0.25) is 0 Å². The Morgan fingerprint density at radius 3 is 2.38 bits per heavy atom. The van der Waals surface area contributed by atoms with Crippen molar-refractivity contribution in [2.75, 3.05) is 12.4 Å². The van der Waals surface area contributed by atoms with E-state index in [1.54, 1.807) is 6.92 Å². The molecule has 0 heterocycles. The van der Waals surface area contributed by atoms with Gasteiger partial charge in [0.1, 0.15) is 6.67 Å². The Kier molecular flexibility index (Phi) is 6.94. The fraction of sp³-hybridized carbons (Fsp3) is 0.889. The molecule has 0 saturated carbocycles. The minimum Gasteiger partial charge on any atom is -0.287 e. The van der Waals surface area contributed by atoms with E-state index in [-0.39, 0.29) is 17.3 Å². The molecule has 0 aromatic carbocycles. The quantitative estimate of drug-likeness (QED) is 0.656. The average molecular weight is 264 g/mol. The van der Waals surface area contributed by atoms with Gasteiger partial charge in [-0.05, 0) is 0 Å². The highest BCUT2D eigenvalue weighted by atomic mass is 32.2. The Morgan fingerprint density at radius 2 is 1.94 bits per heavy atom. The second-order valence-electron chi connectivity index (χ2n) is 3.16. The molecule has 7 heteroatoms. The first-order valence-electron chi connectivity index (χ1n) is 4.72. The van der Waals surface area contributed by atoms with Crippen LogP contribution in [0.1, 0.15) is 19.8 Å². The van der Waals surface area contributed by atoms with Crippen LogP contribution in [-0.4, -0.2) is 35.8 Å². The van der Waals surface area contributed by atoms with Crippen molar-refractivity contribution in [3.8, 4) is 0 Å². The molecule has 0 spiro atoms. The van der Waals surface area contributed by atoms with Crippen LogP contribution in [0, 0.1) is 0 Å². The number of rotatable bonds is 7. The Hall–Kier alpha value is -0.330. The highest BCUT2D eigenvalue weighted by molar-refractivity contribution is 8.13. The van der Waals surface area contributed by atoms with Crippen LogP contribution < -0.4 is 0 Å². The lowest BCUT2D eigenvalue weighted by atomic mass is 10.1. The molecule has 2 unspecified atom stereocenters. The number of hydrogen-bond acceptors (Lipinski definition) is 2. The molecule has 0 fully saturated rings. The van der Waals surface area contributed by atoms with Gasteiger partial charge in [0.05, 0.1) is 0 Å². The molecule has 0 amide bonds. The van der Waals surface area contributed by atoms with E-state index < -0.39 is 31.4 Å². The zero-order valence-corrected chi connectivity index (χ0v) is 9.51. The maximum atomic E-state index is 12.9. The van der Waals surface area contributed by atoms with E-state index in [2.05, 4.69) is 0 Å². The van der Waals surface area contributed by atoms with Gasteiger partial charge in [0, 0.05) is 18.6 Å². The van der Waals surface area contributed by atoms with Crippen LogP contribution in [0.2, 0.25) is 0 Å². The Balaban J connectivity index is 4.08. The predicted molar refractivity (Wildman–Crippen MR) is 53.1 cm³/mol. The van der Waals surface area contributed by atoms with Crippen LogP contribution in [0.3, 0.4) is 0 Å². The van der Waals surface area contributed by atoms with Gasteiger partial charge in [-0.3, -0.25) is 4.79 Å². The third kappa shape index (κ3) is 5.14. The first kappa shape index (κ1) is 15.7. The first-order chi connectivity index (χ1) is 7.35. The van der Waals surface area contributed by atoms with Gasteiger partial charge in [-0.15, -0.1) is 0 Å². The van der Waals surface area contributed by atoms with Crippen LogP contribution >= 0.6 is 11.8 Å². The molecule has 0 aliphatic heterocycles. The fourth-order valence-electron chi connectivity index (χ4n) is 0.884. The standard InChI is InChI=1S/C9H13F5OS/c1-2-7(15)16-4-3-9(13,14)8(12)6(11)5-10/h6,8H,2-5H2,1H3. The third-order valence-corrected chi connectivity index (χ3v) is 2.87. The maximum absolute atomic E-state index is 12.9. The number of halogens is 5. The van der Waals surface area contributed by atoms with Gasteiger partial charge in [-0.25, -0.2) is 22.0 Å². The summed E-state index contributed by atoms with van der Waals surface area (Å²) in [5, 5.41) is -0.298. The minimum absolute atomic E-state index is 0.186. The Labute approximate surface area is 94.8 Å². The third-order valence-electron chi connectivity index (χ3n) is 1.86. The summed E-state index contributed by atoms with van der Waals surface area (Å²) in [6.45, 7) is -0.218. The van der Waals surface area contributed by atoms with Crippen LogP contribution in [0.15, 0.2) is 0 Å². The molecule has 0 N–H and O–H groups in total. The van der Waals surface area contributed by atoms with Gasteiger partial charge < -0.3 is 0 Å². The van der Waals surface area contributed by atoms with Gasteiger partial charge in [-0.1, -0.05) is 18.7 Å². The second-order valence-corrected chi connectivity index (χ2v) is 4.31. The van der Waals surface area contributed by atoms with E-state index in [9.17, 15) is 26.7 Å². The lowest BCUT2D eigenvalue weighted by Crippen LogP contribution is -2.39. The van der Waals surface area contributed by atoms with Crippen molar-refractivity contribution in [3.63, 3.8) is 0 Å². The summed E-state index contributed by atoms with van der Waals surface area (Å²) < 4.78 is 62.6. The zero-order chi connectivity index (χ0) is 12.8. The lowest BCUT2D eigenvalue weighted by Gasteiger charge is -2.21. The van der Waals surface area contributed by atoms with Gasteiger partial charge >= 0.3 is 0 Å². The molecule has 0 rings (SSSR count). The van der Waals surface area contributed by atoms with Gasteiger partial charge in [-0.2, -0.15) is 0 Å². The normalized spacial score (nSPS) is 15.9. The lowest BCUT2D eigenvalue weighted by molar-refractivity contribution is -0.110. The molecular weight excluding hydrogens is 251 g/mol. The highest BCUT2D eigenvalue weighted by Gasteiger charge is 2.45. The Morgan fingerprint density at radius 1 is 1.38 bits per heavy atom. The van der Waals surface area contributed by atoms with E-state index in [0.29, 0.717) is 11.8 Å². The first-order valence-corrected chi connectivity index (χ1v) is 5.71. The predicted octanol–water partition coefficient (Wildman–Crippen LogP) is 3.33. The number of thioether (sulfide) groups is 1. The van der Waals surface area contributed by atoms with Crippen molar-refractivity contribution in [1.82, 2.24) is 0 Å². The minimum atomic E-state index is -3.94.